The van der Waals surface area contributed by atoms with E-state index in [1.807, 2.05) is 0 Å². The third kappa shape index (κ3) is 2.77. The molecule has 3 aromatic rings. The van der Waals surface area contributed by atoms with Crippen LogP contribution in [-0.2, 0) is 0 Å². The summed E-state index contributed by atoms with van der Waals surface area (Å²) in [6.45, 7) is 0.203. The van der Waals surface area contributed by atoms with E-state index in [0.29, 0.717) is 11.0 Å². The lowest BCUT2D eigenvalue weighted by atomic mass is 10.1. The van der Waals surface area contributed by atoms with Crippen LogP contribution in [0, 0.1) is 0 Å². The van der Waals surface area contributed by atoms with Gasteiger partial charge in [-0.25, -0.2) is 0 Å². The molecule has 2 heterocycles. The van der Waals surface area contributed by atoms with Crippen molar-refractivity contribution in [3.8, 4) is 5.75 Å². The van der Waals surface area contributed by atoms with Crippen molar-refractivity contribution >= 4 is 17.0 Å². The van der Waals surface area contributed by atoms with E-state index in [0.717, 1.165) is 11.3 Å². The molecular weight excluding hydrogens is 286 g/mol. The van der Waals surface area contributed by atoms with E-state index in [4.69, 9.17) is 4.74 Å². The molecule has 0 bridgehead atoms. The lowest BCUT2D eigenvalue weighted by molar-refractivity contribution is 0.191. The van der Waals surface area contributed by atoms with E-state index in [1.165, 1.54) is 6.20 Å². The number of aliphatic hydroxyl groups excluding tert-OH is 1. The molecule has 3 rings (SSSR count). The Labute approximate surface area is 125 Å². The van der Waals surface area contributed by atoms with Crippen LogP contribution in [0.25, 0.3) is 11.0 Å². The Morgan fingerprint density at radius 1 is 1.36 bits per heavy atom. The first kappa shape index (κ1) is 14.1. The maximum atomic E-state index is 11.8. The van der Waals surface area contributed by atoms with Crippen molar-refractivity contribution in [3.05, 3.63) is 46.4 Å². The number of aromatic nitrogens is 4. The summed E-state index contributed by atoms with van der Waals surface area (Å²) >= 11 is 0. The second kappa shape index (κ2) is 5.86. The van der Waals surface area contributed by atoms with Gasteiger partial charge in [0.25, 0.3) is 5.56 Å². The van der Waals surface area contributed by atoms with Crippen LogP contribution in [0.5, 0.6) is 5.75 Å². The van der Waals surface area contributed by atoms with Crippen LogP contribution < -0.4 is 15.6 Å². The number of H-pyrrole nitrogens is 2. The molecule has 22 heavy (non-hydrogen) atoms. The average Bonchev–Trinajstić information content (AvgIpc) is 3.02. The van der Waals surface area contributed by atoms with Crippen LogP contribution in [-0.4, -0.2) is 38.9 Å². The van der Waals surface area contributed by atoms with E-state index in [1.54, 1.807) is 31.4 Å². The fourth-order valence-corrected chi connectivity index (χ4v) is 2.07. The summed E-state index contributed by atoms with van der Waals surface area (Å²) < 4.78 is 5.07. The minimum absolute atomic E-state index is 0.203. The Kier molecular flexibility index (Phi) is 3.75. The van der Waals surface area contributed by atoms with Gasteiger partial charge in [0.1, 0.15) is 11.1 Å². The number of fused-ring (bicyclic) bond motifs is 1. The molecule has 1 atom stereocenters. The van der Waals surface area contributed by atoms with Crippen LogP contribution >= 0.6 is 0 Å². The fraction of sp³-hybridized carbons (Fsp3) is 0.214. The Morgan fingerprint density at radius 2 is 2.14 bits per heavy atom. The number of benzene rings is 1. The Morgan fingerprint density at radius 3 is 2.86 bits per heavy atom. The minimum atomic E-state index is -0.742. The largest absolute Gasteiger partial charge is 0.497 e. The molecule has 0 saturated heterocycles. The van der Waals surface area contributed by atoms with E-state index in [-0.39, 0.29) is 18.1 Å². The van der Waals surface area contributed by atoms with Crippen molar-refractivity contribution < 1.29 is 9.84 Å². The van der Waals surface area contributed by atoms with Gasteiger partial charge in [-0.05, 0) is 17.7 Å². The van der Waals surface area contributed by atoms with Crippen LogP contribution in [0.4, 0.5) is 5.95 Å². The third-order valence-corrected chi connectivity index (χ3v) is 3.28. The number of anilines is 1. The second-order valence-electron chi connectivity index (χ2n) is 4.72. The fourth-order valence-electron chi connectivity index (χ4n) is 2.07. The molecule has 0 radical (unpaired) electrons. The first-order chi connectivity index (χ1) is 10.7. The first-order valence-electron chi connectivity index (χ1n) is 6.66. The number of nitrogens with one attached hydrogen (secondary N) is 3. The SMILES string of the molecule is COc1ccc(C(O)CNc2nc3[nH]ncc3c(=O)[nH]2)cc1. The summed E-state index contributed by atoms with van der Waals surface area (Å²) in [4.78, 5) is 18.5. The summed E-state index contributed by atoms with van der Waals surface area (Å²) in [7, 11) is 1.58. The molecule has 0 spiro atoms. The molecule has 1 aromatic carbocycles. The molecule has 114 valence electrons. The zero-order valence-corrected chi connectivity index (χ0v) is 11.8. The van der Waals surface area contributed by atoms with Crippen molar-refractivity contribution in [1.29, 1.82) is 0 Å². The van der Waals surface area contributed by atoms with E-state index in [9.17, 15) is 9.90 Å². The number of rotatable bonds is 5. The molecule has 0 aliphatic heterocycles. The topological polar surface area (TPSA) is 116 Å². The van der Waals surface area contributed by atoms with E-state index < -0.39 is 6.10 Å². The highest BCUT2D eigenvalue weighted by molar-refractivity contribution is 5.73. The number of hydrogen-bond donors (Lipinski definition) is 4. The molecule has 0 amide bonds. The van der Waals surface area contributed by atoms with Gasteiger partial charge in [0.15, 0.2) is 5.65 Å². The number of ether oxygens (including phenoxy) is 1. The standard InChI is InChI=1S/C14H15N5O3/c1-22-9-4-2-8(3-5-9)11(20)7-15-14-17-12-10(6-16-19-12)13(21)18-14/h2-6,11,20H,7H2,1H3,(H3,15,16,17,18,19,21). The van der Waals surface area contributed by atoms with E-state index in [2.05, 4.69) is 25.5 Å². The number of aliphatic hydroxyl groups is 1. The Hall–Kier alpha value is -2.87. The quantitative estimate of drug-likeness (QED) is 0.554. The van der Waals surface area contributed by atoms with Crippen molar-refractivity contribution in [2.24, 2.45) is 0 Å². The number of aromatic amines is 2. The summed E-state index contributed by atoms with van der Waals surface area (Å²) in [6.07, 6.45) is 0.672. The van der Waals surface area contributed by atoms with E-state index >= 15 is 0 Å². The molecule has 4 N–H and O–H groups in total. The van der Waals surface area contributed by atoms with Gasteiger partial charge in [-0.3, -0.25) is 14.9 Å². The minimum Gasteiger partial charge on any atom is -0.497 e. The third-order valence-electron chi connectivity index (χ3n) is 3.28. The van der Waals surface area contributed by atoms with Gasteiger partial charge in [0.2, 0.25) is 5.95 Å². The molecule has 1 unspecified atom stereocenters. The summed E-state index contributed by atoms with van der Waals surface area (Å²) in [6, 6.07) is 7.10. The van der Waals surface area contributed by atoms with Gasteiger partial charge in [-0.1, -0.05) is 12.1 Å². The molecule has 0 fully saturated rings. The lowest BCUT2D eigenvalue weighted by Gasteiger charge is -2.12. The van der Waals surface area contributed by atoms with Gasteiger partial charge in [0, 0.05) is 6.54 Å². The summed E-state index contributed by atoms with van der Waals surface area (Å²) in [5, 5.41) is 19.8. The number of hydrogen-bond acceptors (Lipinski definition) is 6. The molecule has 0 aliphatic carbocycles. The normalized spacial score (nSPS) is 12.3. The van der Waals surface area contributed by atoms with Crippen LogP contribution in [0.2, 0.25) is 0 Å². The monoisotopic (exact) mass is 301 g/mol. The molecule has 0 saturated carbocycles. The van der Waals surface area contributed by atoms with Gasteiger partial charge >= 0.3 is 0 Å². The molecule has 8 heteroatoms. The highest BCUT2D eigenvalue weighted by Crippen LogP contribution is 2.17. The molecule has 2 aromatic heterocycles. The smallest absolute Gasteiger partial charge is 0.263 e. The lowest BCUT2D eigenvalue weighted by Crippen LogP contribution is -2.17. The maximum absolute atomic E-state index is 11.8. The van der Waals surface area contributed by atoms with Gasteiger partial charge < -0.3 is 15.2 Å². The number of nitrogens with zero attached hydrogens (tertiary/aromatic N) is 2. The average molecular weight is 301 g/mol. The van der Waals surface area contributed by atoms with Gasteiger partial charge in [-0.2, -0.15) is 10.1 Å². The Bertz CT molecular complexity index is 824. The van der Waals surface area contributed by atoms with Crippen LogP contribution in [0.3, 0.4) is 0 Å². The Balaban J connectivity index is 1.71. The summed E-state index contributed by atoms with van der Waals surface area (Å²) in [5.41, 5.74) is 0.837. The van der Waals surface area contributed by atoms with Crippen molar-refractivity contribution in [2.45, 2.75) is 6.10 Å². The van der Waals surface area contributed by atoms with Crippen LogP contribution in [0.15, 0.2) is 35.3 Å². The second-order valence-corrected chi connectivity index (χ2v) is 4.72. The first-order valence-corrected chi connectivity index (χ1v) is 6.66. The van der Waals surface area contributed by atoms with Crippen molar-refractivity contribution in [3.63, 3.8) is 0 Å². The molecule has 0 aliphatic rings. The van der Waals surface area contributed by atoms with Gasteiger partial charge in [-0.15, -0.1) is 0 Å². The zero-order valence-electron chi connectivity index (χ0n) is 11.8. The number of methoxy groups -OCH3 is 1. The highest BCUT2D eigenvalue weighted by Gasteiger charge is 2.10. The summed E-state index contributed by atoms with van der Waals surface area (Å²) in [5.74, 6) is 0.994. The zero-order chi connectivity index (χ0) is 15.5. The van der Waals surface area contributed by atoms with Crippen molar-refractivity contribution in [1.82, 2.24) is 20.2 Å². The maximum Gasteiger partial charge on any atom is 0.263 e. The highest BCUT2D eigenvalue weighted by atomic mass is 16.5. The predicted octanol–water partition coefficient (Wildman–Crippen LogP) is 0.800. The molecule has 8 nitrogen and oxygen atoms in total. The van der Waals surface area contributed by atoms with Crippen molar-refractivity contribution in [2.75, 3.05) is 19.0 Å². The molecular formula is C14H15N5O3. The van der Waals surface area contributed by atoms with Crippen LogP contribution in [0.1, 0.15) is 11.7 Å². The van der Waals surface area contributed by atoms with Gasteiger partial charge in [0.05, 0.1) is 19.4 Å². The predicted molar refractivity (Wildman–Crippen MR) is 81.0 cm³/mol.